The summed E-state index contributed by atoms with van der Waals surface area (Å²) in [5.74, 6) is 2.61. The average Bonchev–Trinajstić information content (AvgIpc) is 3.43. The molecule has 0 aliphatic carbocycles. The third kappa shape index (κ3) is 5.82. The molecule has 0 amide bonds. The average molecular weight is 541 g/mol. The number of hydrogen-bond acceptors (Lipinski definition) is 6. The monoisotopic (exact) mass is 541 g/mol. The van der Waals surface area contributed by atoms with Crippen molar-refractivity contribution in [3.8, 4) is 11.5 Å². The fourth-order valence-electron chi connectivity index (χ4n) is 3.77. The lowest BCUT2D eigenvalue weighted by atomic mass is 9.84. The first-order valence-corrected chi connectivity index (χ1v) is 10.6. The van der Waals surface area contributed by atoms with Gasteiger partial charge in [0.1, 0.15) is 6.26 Å². The Morgan fingerprint density at radius 1 is 1.13 bits per heavy atom. The predicted molar refractivity (Wildman–Crippen MR) is 130 cm³/mol. The molecular weight excluding hydrogens is 509 g/mol. The number of aliphatic imine (C=N–C) groups is 1. The number of benzene rings is 1. The van der Waals surface area contributed by atoms with Gasteiger partial charge in [0.25, 0.3) is 0 Å². The van der Waals surface area contributed by atoms with Gasteiger partial charge in [-0.05, 0) is 24.6 Å². The molecule has 170 valence electrons. The Balaban J connectivity index is 0.00000272. The maximum absolute atomic E-state index is 5.55. The minimum atomic E-state index is -0.115. The number of hydrogen-bond donors (Lipinski definition) is 1. The lowest BCUT2D eigenvalue weighted by Crippen LogP contribution is -2.52. The molecule has 0 atom stereocenters. The normalized spacial score (nSPS) is 16.9. The highest BCUT2D eigenvalue weighted by atomic mass is 127. The van der Waals surface area contributed by atoms with Gasteiger partial charge in [-0.1, -0.05) is 25.1 Å². The number of nitrogens with zero attached hydrogens (tertiary/aromatic N) is 4. The van der Waals surface area contributed by atoms with E-state index in [-0.39, 0.29) is 29.4 Å². The number of rotatable bonds is 6. The molecule has 1 fully saturated rings. The Morgan fingerprint density at radius 2 is 1.90 bits per heavy atom. The Kier molecular flexibility index (Phi) is 8.04. The van der Waals surface area contributed by atoms with Crippen LogP contribution in [0.2, 0.25) is 0 Å². The molecule has 2 aliphatic heterocycles. The van der Waals surface area contributed by atoms with Crippen molar-refractivity contribution in [1.29, 1.82) is 0 Å². The maximum atomic E-state index is 5.55. The van der Waals surface area contributed by atoms with Gasteiger partial charge in [0.2, 0.25) is 6.79 Å². The molecule has 8 nitrogen and oxygen atoms in total. The molecule has 4 rings (SSSR count). The third-order valence-corrected chi connectivity index (χ3v) is 5.66. The van der Waals surface area contributed by atoms with Gasteiger partial charge in [0, 0.05) is 50.7 Å². The topological polar surface area (TPSA) is 75.4 Å². The minimum Gasteiger partial charge on any atom is -0.454 e. The highest BCUT2D eigenvalue weighted by Crippen LogP contribution is 2.36. The summed E-state index contributed by atoms with van der Waals surface area (Å²) >= 11 is 0. The first kappa shape index (κ1) is 23.6. The second kappa shape index (κ2) is 10.5. The van der Waals surface area contributed by atoms with Gasteiger partial charge in [0.15, 0.2) is 17.5 Å². The number of guanidine groups is 1. The molecule has 0 unspecified atom stereocenters. The van der Waals surface area contributed by atoms with E-state index < -0.39 is 0 Å². The van der Waals surface area contributed by atoms with Crippen molar-refractivity contribution in [1.82, 2.24) is 20.3 Å². The summed E-state index contributed by atoms with van der Waals surface area (Å²) in [5.41, 5.74) is 2.06. The second-order valence-electron chi connectivity index (χ2n) is 8.38. The standard InChI is InChI=1S/C22H31N5O3.HI/c1-4-23-21(27-10-8-26(9-11-27)14-18-7-12-30-25-18)24-15-22(2,3)17-5-6-19-20(13-17)29-16-28-19;/h5-7,12-13H,4,8-11,14-16H2,1-3H3,(H,23,24);1H. The molecule has 1 N–H and O–H groups in total. The van der Waals surface area contributed by atoms with Crippen molar-refractivity contribution < 1.29 is 14.0 Å². The predicted octanol–water partition coefficient (Wildman–Crippen LogP) is 3.08. The van der Waals surface area contributed by atoms with Crippen molar-refractivity contribution in [2.24, 2.45) is 4.99 Å². The number of ether oxygens (including phenoxy) is 2. The smallest absolute Gasteiger partial charge is 0.231 e. The van der Waals surface area contributed by atoms with Crippen LogP contribution < -0.4 is 14.8 Å². The van der Waals surface area contributed by atoms with Gasteiger partial charge < -0.3 is 24.2 Å². The van der Waals surface area contributed by atoms with E-state index in [0.29, 0.717) is 13.3 Å². The van der Waals surface area contributed by atoms with E-state index in [1.165, 1.54) is 5.56 Å². The number of fused-ring (bicyclic) bond motifs is 1. The molecule has 9 heteroatoms. The second-order valence-corrected chi connectivity index (χ2v) is 8.38. The maximum Gasteiger partial charge on any atom is 0.231 e. The Bertz CT molecular complexity index is 864. The third-order valence-electron chi connectivity index (χ3n) is 5.66. The van der Waals surface area contributed by atoms with Crippen molar-refractivity contribution in [3.05, 3.63) is 41.8 Å². The van der Waals surface area contributed by atoms with Crippen LogP contribution in [0.3, 0.4) is 0 Å². The quantitative estimate of drug-likeness (QED) is 0.342. The minimum absolute atomic E-state index is 0. The van der Waals surface area contributed by atoms with Gasteiger partial charge >= 0.3 is 0 Å². The SMILES string of the molecule is CCNC(=NCC(C)(C)c1ccc2c(c1)OCO2)N1CCN(Cc2ccon2)CC1.I. The number of piperazine rings is 1. The van der Waals surface area contributed by atoms with E-state index in [1.807, 2.05) is 12.1 Å². The van der Waals surface area contributed by atoms with Crippen LogP contribution in [0.15, 0.2) is 40.0 Å². The number of nitrogens with one attached hydrogen (secondary N) is 1. The molecule has 1 aromatic carbocycles. The van der Waals surface area contributed by atoms with Crippen LogP contribution in [0.5, 0.6) is 11.5 Å². The molecule has 0 spiro atoms. The molecule has 2 aromatic rings. The summed E-state index contributed by atoms with van der Waals surface area (Å²) < 4.78 is 15.9. The van der Waals surface area contributed by atoms with Crippen molar-refractivity contribution in [2.45, 2.75) is 32.7 Å². The van der Waals surface area contributed by atoms with Crippen molar-refractivity contribution in [3.63, 3.8) is 0 Å². The highest BCUT2D eigenvalue weighted by molar-refractivity contribution is 14.0. The molecular formula is C22H32IN5O3. The molecule has 0 bridgehead atoms. The summed E-state index contributed by atoms with van der Waals surface area (Å²) in [5, 5.41) is 7.48. The zero-order chi connectivity index (χ0) is 21.0. The summed E-state index contributed by atoms with van der Waals surface area (Å²) in [6.45, 7) is 13.0. The lowest BCUT2D eigenvalue weighted by molar-refractivity contribution is 0.169. The highest BCUT2D eigenvalue weighted by Gasteiger charge is 2.25. The van der Waals surface area contributed by atoms with Crippen LogP contribution in [0.25, 0.3) is 0 Å². The van der Waals surface area contributed by atoms with Crippen LogP contribution in [-0.2, 0) is 12.0 Å². The lowest BCUT2D eigenvalue weighted by Gasteiger charge is -2.36. The van der Waals surface area contributed by atoms with Gasteiger partial charge in [-0.3, -0.25) is 9.89 Å². The molecule has 31 heavy (non-hydrogen) atoms. The van der Waals surface area contributed by atoms with Crippen LogP contribution in [0.1, 0.15) is 32.0 Å². The van der Waals surface area contributed by atoms with Crippen molar-refractivity contribution in [2.75, 3.05) is 46.1 Å². The van der Waals surface area contributed by atoms with Gasteiger partial charge in [0.05, 0.1) is 12.2 Å². The Morgan fingerprint density at radius 3 is 2.61 bits per heavy atom. The van der Waals surface area contributed by atoms with Crippen LogP contribution in [0.4, 0.5) is 0 Å². The zero-order valence-corrected chi connectivity index (χ0v) is 20.8. The molecule has 0 radical (unpaired) electrons. The van der Waals surface area contributed by atoms with E-state index in [0.717, 1.165) is 62.4 Å². The first-order valence-electron chi connectivity index (χ1n) is 10.6. The summed E-state index contributed by atoms with van der Waals surface area (Å²) in [6.07, 6.45) is 1.63. The summed E-state index contributed by atoms with van der Waals surface area (Å²) in [4.78, 5) is 9.74. The van der Waals surface area contributed by atoms with E-state index in [9.17, 15) is 0 Å². The molecule has 1 aromatic heterocycles. The Labute approximate surface area is 201 Å². The summed E-state index contributed by atoms with van der Waals surface area (Å²) in [6, 6.07) is 8.10. The van der Waals surface area contributed by atoms with E-state index in [4.69, 9.17) is 19.0 Å². The fourth-order valence-corrected chi connectivity index (χ4v) is 3.77. The van der Waals surface area contributed by atoms with Gasteiger partial charge in [-0.15, -0.1) is 24.0 Å². The largest absolute Gasteiger partial charge is 0.454 e. The first-order chi connectivity index (χ1) is 14.5. The van der Waals surface area contributed by atoms with Gasteiger partial charge in [-0.25, -0.2) is 0 Å². The van der Waals surface area contributed by atoms with Crippen molar-refractivity contribution >= 4 is 29.9 Å². The number of aromatic nitrogens is 1. The van der Waals surface area contributed by atoms with E-state index in [2.05, 4.69) is 53.2 Å². The van der Waals surface area contributed by atoms with Crippen LogP contribution >= 0.6 is 24.0 Å². The zero-order valence-electron chi connectivity index (χ0n) is 18.5. The Hall–Kier alpha value is -2.01. The number of halogens is 1. The van der Waals surface area contributed by atoms with E-state index >= 15 is 0 Å². The van der Waals surface area contributed by atoms with Gasteiger partial charge in [-0.2, -0.15) is 0 Å². The van der Waals surface area contributed by atoms with Crippen LogP contribution in [-0.4, -0.2) is 67.0 Å². The molecule has 3 heterocycles. The molecule has 0 saturated carbocycles. The molecule has 1 saturated heterocycles. The van der Waals surface area contributed by atoms with E-state index in [1.54, 1.807) is 6.26 Å². The van der Waals surface area contributed by atoms with Crippen LogP contribution in [0, 0.1) is 0 Å². The fraction of sp³-hybridized carbons (Fsp3) is 0.545. The summed E-state index contributed by atoms with van der Waals surface area (Å²) in [7, 11) is 0. The molecule has 2 aliphatic rings.